The maximum Gasteiger partial charge on any atom is 0.326 e. The number of hydrogen-bond acceptors (Lipinski definition) is 18. The predicted octanol–water partition coefficient (Wildman–Crippen LogP) is -3.92. The van der Waals surface area contributed by atoms with Crippen LogP contribution in [0.25, 0.3) is 0 Å². The van der Waals surface area contributed by atoms with Gasteiger partial charge in [-0.3, -0.25) is 67.1 Å². The first kappa shape index (κ1) is 79.0. The molecule has 1 aromatic carbocycles. The molecule has 34 heteroatoms. The molecule has 1 fully saturated rings. The molecule has 520 valence electrons. The van der Waals surface area contributed by atoms with Crippen LogP contribution in [0.1, 0.15) is 113 Å². The van der Waals surface area contributed by atoms with Crippen molar-refractivity contribution in [2.24, 2.45) is 29.2 Å². The quantitative estimate of drug-likeness (QED) is 0.0305. The van der Waals surface area contributed by atoms with Crippen LogP contribution < -0.4 is 70.0 Å². The van der Waals surface area contributed by atoms with Crippen LogP contribution in [0.3, 0.4) is 0 Å². The number of carbonyl (C=O) groups is 15. The second-order valence-electron chi connectivity index (χ2n) is 24.0. The fourth-order valence-electron chi connectivity index (χ4n) is 9.63. The lowest BCUT2D eigenvalue weighted by molar-refractivity contribution is -0.143. The summed E-state index contributed by atoms with van der Waals surface area (Å²) in [6.07, 6.45) is 3.20. The van der Waals surface area contributed by atoms with E-state index in [4.69, 9.17) is 16.6 Å². The molecule has 0 spiro atoms. The Morgan fingerprint density at radius 3 is 1.54 bits per heavy atom. The number of primary amides is 1. The lowest BCUT2D eigenvalue weighted by Crippen LogP contribution is -2.61. The van der Waals surface area contributed by atoms with Crippen LogP contribution in [0.4, 0.5) is 0 Å². The van der Waals surface area contributed by atoms with E-state index < -0.39 is 198 Å². The first-order valence-corrected chi connectivity index (χ1v) is 32.1. The molecule has 33 nitrogen and oxygen atoms in total. The molecule has 0 bridgehead atoms. The van der Waals surface area contributed by atoms with Gasteiger partial charge >= 0.3 is 11.9 Å². The van der Waals surface area contributed by atoms with Gasteiger partial charge in [0, 0.05) is 31.3 Å². The van der Waals surface area contributed by atoms with Gasteiger partial charge in [0.05, 0.1) is 25.2 Å². The number of likely N-dealkylation sites (tertiary alicyclic amines) is 1. The Morgan fingerprint density at radius 2 is 1.01 bits per heavy atom. The molecule has 3 rings (SSSR count). The summed E-state index contributed by atoms with van der Waals surface area (Å²) in [4.78, 5) is 208. The van der Waals surface area contributed by atoms with Gasteiger partial charge in [0.15, 0.2) is 0 Å². The van der Waals surface area contributed by atoms with Gasteiger partial charge in [0.2, 0.25) is 76.8 Å². The van der Waals surface area contributed by atoms with Crippen molar-refractivity contribution in [2.75, 3.05) is 18.6 Å². The third-order valence-corrected chi connectivity index (χ3v) is 15.7. The lowest BCUT2D eigenvalue weighted by Gasteiger charge is -2.30. The minimum absolute atomic E-state index is 0.00805. The summed E-state index contributed by atoms with van der Waals surface area (Å²) in [5.74, 6) is -15.3. The molecule has 13 amide bonds. The van der Waals surface area contributed by atoms with Gasteiger partial charge in [-0.1, -0.05) is 71.9 Å². The van der Waals surface area contributed by atoms with Gasteiger partial charge in [-0.15, -0.1) is 0 Å². The second-order valence-corrected chi connectivity index (χ2v) is 25.0. The van der Waals surface area contributed by atoms with Gasteiger partial charge in [-0.25, -0.2) is 9.78 Å². The number of carboxylic acid groups (broad SMARTS) is 2. The van der Waals surface area contributed by atoms with E-state index in [1.807, 2.05) is 0 Å². The molecule has 1 aliphatic heterocycles. The highest BCUT2D eigenvalue weighted by atomic mass is 32.2. The number of hydrogen-bond donors (Lipinski definition) is 16. The summed E-state index contributed by atoms with van der Waals surface area (Å²) in [7, 11) is 0. The van der Waals surface area contributed by atoms with Crippen molar-refractivity contribution in [3.63, 3.8) is 0 Å². The van der Waals surface area contributed by atoms with Crippen LogP contribution in [0, 0.1) is 17.8 Å². The standard InChI is InChI=1S/C60H92N16O17S/c1-28(2)45(57(89)67-31(7)48(80)65-33(9)50(82)75-47(30(5)6)60(92)93)74-55(87)41(25-43(62)77)70-49(81)32(8)66-52(84)38(19-21-94-11)69-54(86)40(23-36-26-63-27-64-36)71-56(88)42-18-15-20-76(42)59(91)34(10)68-53(85)39(22-35-16-13-12-14-17-35)72-58(90)46(29(3)4)73-51(83)37(61)24-44(78)79/h12-14,16-17,26-34,37-42,45-47H,15,18-25,61H2,1-11H3,(H2,62,77)(H,63,64)(H,65,80)(H,66,84)(H,67,89)(H,68,85)(H,69,86)(H,70,81)(H,71,88)(H,72,90)(H,73,83)(H,74,87)(H,75,82)(H,78,79)(H,92,93)/t31-,32-,33-,34-,37-,38-,39-,40-,41-,42-,45-,46-,47-/m0/s1. The summed E-state index contributed by atoms with van der Waals surface area (Å²) in [5.41, 5.74) is 12.2. The van der Waals surface area contributed by atoms with Crippen molar-refractivity contribution in [1.82, 2.24) is 73.4 Å². The van der Waals surface area contributed by atoms with Crippen LogP contribution >= 0.6 is 11.8 Å². The van der Waals surface area contributed by atoms with Crippen LogP contribution in [0.2, 0.25) is 0 Å². The minimum Gasteiger partial charge on any atom is -0.481 e. The van der Waals surface area contributed by atoms with E-state index in [1.165, 1.54) is 56.9 Å². The number of H-pyrrole nitrogens is 1. The van der Waals surface area contributed by atoms with E-state index in [-0.39, 0.29) is 32.2 Å². The Kier molecular flexibility index (Phi) is 32.0. The number of benzene rings is 1. The number of carboxylic acids is 2. The highest BCUT2D eigenvalue weighted by Crippen LogP contribution is 2.20. The molecule has 0 saturated carbocycles. The number of rotatable bonds is 38. The number of aromatic amines is 1. The summed E-state index contributed by atoms with van der Waals surface area (Å²) in [5, 5.41) is 46.2. The van der Waals surface area contributed by atoms with E-state index in [0.29, 0.717) is 23.4 Å². The fourth-order valence-corrected chi connectivity index (χ4v) is 10.1. The first-order chi connectivity index (χ1) is 44.1. The summed E-state index contributed by atoms with van der Waals surface area (Å²) < 4.78 is 0. The van der Waals surface area contributed by atoms with Gasteiger partial charge in [0.1, 0.15) is 72.5 Å². The highest BCUT2D eigenvalue weighted by Gasteiger charge is 2.41. The van der Waals surface area contributed by atoms with E-state index >= 15 is 0 Å². The van der Waals surface area contributed by atoms with E-state index in [2.05, 4.69) is 68.5 Å². The molecular formula is C60H92N16O17S. The number of carbonyl (C=O) groups excluding carboxylic acids is 13. The molecule has 1 aromatic heterocycles. The SMILES string of the molecule is CSCC[C@H](NC(=O)[C@H](Cc1cnc[nH]1)NC(=O)[C@@H]1CCCN1C(=O)[C@H](C)NC(=O)[C@H](Cc1ccccc1)NC(=O)[C@@H](NC(=O)[C@@H](N)CC(=O)O)C(C)C)C(=O)N[C@@H](C)C(=O)N[C@@H](CC(N)=O)C(=O)N[C@H](C(=O)N[C@@H](C)C(=O)N[C@@H](C)C(=O)N[C@H](C(=O)O)C(C)C)C(C)C. The molecule has 94 heavy (non-hydrogen) atoms. The molecule has 0 unspecified atom stereocenters. The molecule has 0 aliphatic carbocycles. The number of aromatic nitrogens is 2. The summed E-state index contributed by atoms with van der Waals surface area (Å²) >= 11 is 1.32. The largest absolute Gasteiger partial charge is 0.481 e. The van der Waals surface area contributed by atoms with Gasteiger partial charge < -0.3 is 90.0 Å². The minimum atomic E-state index is -1.71. The van der Waals surface area contributed by atoms with Crippen molar-refractivity contribution in [3.8, 4) is 0 Å². The van der Waals surface area contributed by atoms with E-state index in [0.717, 1.165) is 0 Å². The molecule has 18 N–H and O–H groups in total. The normalized spacial score (nSPS) is 16.7. The van der Waals surface area contributed by atoms with Crippen LogP contribution in [0.15, 0.2) is 42.9 Å². The van der Waals surface area contributed by atoms with Crippen molar-refractivity contribution in [2.45, 2.75) is 193 Å². The third-order valence-electron chi connectivity index (χ3n) is 15.1. The van der Waals surface area contributed by atoms with Crippen molar-refractivity contribution in [3.05, 3.63) is 54.1 Å². The Hall–Kier alpha value is -9.21. The highest BCUT2D eigenvalue weighted by molar-refractivity contribution is 7.98. The van der Waals surface area contributed by atoms with Crippen molar-refractivity contribution >= 4 is 100 Å². The first-order valence-electron chi connectivity index (χ1n) is 30.7. The molecule has 0 radical (unpaired) electrons. The lowest BCUT2D eigenvalue weighted by atomic mass is 10.00. The molecule has 1 saturated heterocycles. The van der Waals surface area contributed by atoms with Crippen LogP contribution in [-0.2, 0) is 84.8 Å². The van der Waals surface area contributed by atoms with Crippen LogP contribution in [0.5, 0.6) is 0 Å². The monoisotopic (exact) mass is 1340 g/mol. The number of aliphatic carboxylic acids is 2. The summed E-state index contributed by atoms with van der Waals surface area (Å²) in [6.45, 7) is 14.8. The van der Waals surface area contributed by atoms with Crippen molar-refractivity contribution < 1.29 is 82.1 Å². The maximum atomic E-state index is 14.4. The number of thioether (sulfide) groups is 1. The number of imidazole rings is 1. The Morgan fingerprint density at radius 1 is 0.553 bits per heavy atom. The third kappa shape index (κ3) is 25.4. The fraction of sp³-hybridized carbons (Fsp3) is 0.600. The Labute approximate surface area is 548 Å². The average Bonchev–Trinajstić information content (AvgIpc) is 1.58. The van der Waals surface area contributed by atoms with Crippen LogP contribution in [-0.4, -0.2) is 211 Å². The summed E-state index contributed by atoms with van der Waals surface area (Å²) in [6, 6.07) is -9.00. The van der Waals surface area contributed by atoms with Crippen molar-refractivity contribution in [1.29, 1.82) is 0 Å². The van der Waals surface area contributed by atoms with E-state index in [1.54, 1.807) is 78.1 Å². The number of amides is 13. The Balaban J connectivity index is 1.76. The second kappa shape index (κ2) is 38.1. The smallest absolute Gasteiger partial charge is 0.326 e. The van der Waals surface area contributed by atoms with E-state index in [9.17, 15) is 77.0 Å². The maximum absolute atomic E-state index is 14.4. The topological polar surface area (TPSA) is 513 Å². The Bertz CT molecular complexity index is 3010. The molecule has 2 aromatic rings. The van der Waals surface area contributed by atoms with Gasteiger partial charge in [0.25, 0.3) is 0 Å². The number of nitrogens with one attached hydrogen (secondary N) is 12. The number of nitrogens with two attached hydrogens (primary N) is 2. The average molecular weight is 1340 g/mol. The molecule has 2 heterocycles. The number of nitrogens with zero attached hydrogens (tertiary/aromatic N) is 2. The molecular weight excluding hydrogens is 1250 g/mol. The van der Waals surface area contributed by atoms with Gasteiger partial charge in [-0.2, -0.15) is 11.8 Å². The molecule has 13 atom stereocenters. The predicted molar refractivity (Wildman–Crippen MR) is 340 cm³/mol. The van der Waals surface area contributed by atoms with Gasteiger partial charge in [-0.05, 0) is 82.3 Å². The zero-order chi connectivity index (χ0) is 70.8. The zero-order valence-corrected chi connectivity index (χ0v) is 55.4. The zero-order valence-electron chi connectivity index (χ0n) is 54.6. The molecule has 1 aliphatic rings.